The van der Waals surface area contributed by atoms with Crippen molar-refractivity contribution in [3.8, 4) is 22.6 Å². The van der Waals surface area contributed by atoms with Crippen molar-refractivity contribution in [2.45, 2.75) is 26.1 Å². The van der Waals surface area contributed by atoms with Crippen LogP contribution in [-0.2, 0) is 19.8 Å². The van der Waals surface area contributed by atoms with E-state index in [1.807, 2.05) is 23.8 Å². The Morgan fingerprint density at radius 3 is 2.39 bits per heavy atom. The van der Waals surface area contributed by atoms with Crippen molar-refractivity contribution in [3.63, 3.8) is 0 Å². The highest BCUT2D eigenvalue weighted by Gasteiger charge is 2.30. The van der Waals surface area contributed by atoms with Gasteiger partial charge in [-0.15, -0.1) is 0 Å². The summed E-state index contributed by atoms with van der Waals surface area (Å²) >= 11 is 0. The first-order chi connectivity index (χ1) is 15.7. The summed E-state index contributed by atoms with van der Waals surface area (Å²) in [6.07, 6.45) is -1.90. The fourth-order valence-electron chi connectivity index (χ4n) is 3.91. The van der Waals surface area contributed by atoms with Gasteiger partial charge in [0.05, 0.1) is 16.6 Å². The third-order valence-electron chi connectivity index (χ3n) is 5.48. The van der Waals surface area contributed by atoms with Gasteiger partial charge in [-0.25, -0.2) is 0 Å². The summed E-state index contributed by atoms with van der Waals surface area (Å²) in [4.78, 5) is 12.3. The van der Waals surface area contributed by atoms with E-state index >= 15 is 0 Å². The number of alkyl halides is 3. The summed E-state index contributed by atoms with van der Waals surface area (Å²) < 4.78 is 47.9. The van der Waals surface area contributed by atoms with Crippen LogP contribution < -0.4 is 10.3 Å². The molecule has 0 bridgehead atoms. The number of halogens is 3. The van der Waals surface area contributed by atoms with E-state index in [9.17, 15) is 23.1 Å². The molecule has 0 saturated heterocycles. The minimum atomic E-state index is -4.41. The Hall–Kier alpha value is -3.52. The zero-order valence-electron chi connectivity index (χ0n) is 18.2. The molecule has 0 radical (unpaired) electrons. The molecular weight excluding hydrogens is 433 g/mol. The highest BCUT2D eigenvalue weighted by Crippen LogP contribution is 2.35. The molecule has 2 aromatic heterocycles. The number of hydrogen-bond donors (Lipinski definition) is 1. The van der Waals surface area contributed by atoms with Crippen LogP contribution >= 0.6 is 0 Å². The predicted molar refractivity (Wildman–Crippen MR) is 121 cm³/mol. The average molecular weight is 456 g/mol. The molecule has 5 nitrogen and oxygen atoms in total. The van der Waals surface area contributed by atoms with E-state index in [4.69, 9.17) is 4.74 Å². The number of aryl methyl sites for hydroxylation is 3. The third kappa shape index (κ3) is 4.66. The molecule has 0 amide bonds. The maximum absolute atomic E-state index is 12.8. The van der Waals surface area contributed by atoms with Gasteiger partial charge in [0, 0.05) is 38.0 Å². The van der Waals surface area contributed by atoms with Crippen LogP contribution in [0.4, 0.5) is 13.2 Å². The Morgan fingerprint density at radius 1 is 1.00 bits per heavy atom. The number of aliphatic hydroxyl groups is 1. The van der Waals surface area contributed by atoms with Gasteiger partial charge >= 0.3 is 6.18 Å². The normalized spacial score (nSPS) is 11.8. The van der Waals surface area contributed by atoms with Crippen LogP contribution in [0.2, 0.25) is 0 Å². The predicted octanol–water partition coefficient (Wildman–Crippen LogP) is 5.51. The molecule has 0 spiro atoms. The Morgan fingerprint density at radius 2 is 1.73 bits per heavy atom. The summed E-state index contributed by atoms with van der Waals surface area (Å²) in [5, 5.41) is 9.25. The number of aromatic nitrogens is 2. The van der Waals surface area contributed by atoms with E-state index in [-0.39, 0.29) is 17.9 Å². The van der Waals surface area contributed by atoms with Gasteiger partial charge in [0.15, 0.2) is 0 Å². The average Bonchev–Trinajstić information content (AvgIpc) is 3.13. The van der Waals surface area contributed by atoms with Gasteiger partial charge < -0.3 is 19.0 Å². The van der Waals surface area contributed by atoms with Crippen LogP contribution in [0.15, 0.2) is 65.6 Å². The van der Waals surface area contributed by atoms with Crippen LogP contribution in [0, 0.1) is 6.92 Å². The molecule has 1 N–H and O–H groups in total. The largest absolute Gasteiger partial charge is 0.457 e. The van der Waals surface area contributed by atoms with Crippen molar-refractivity contribution in [2.75, 3.05) is 6.61 Å². The molecule has 2 heterocycles. The third-order valence-corrected chi connectivity index (χ3v) is 5.48. The Balaban J connectivity index is 1.76. The van der Waals surface area contributed by atoms with Crippen molar-refractivity contribution >= 4 is 11.0 Å². The number of pyridine rings is 1. The van der Waals surface area contributed by atoms with E-state index in [1.54, 1.807) is 29.8 Å². The number of aliphatic hydroxyl groups excluding tert-OH is 1. The number of ether oxygens (including phenoxy) is 1. The standard InChI is InChI=1S/C25H23F3N2O3/c1-16-12-17(14-20(13-16)33-19-6-4-18(5-7-19)25(26,27)28)21-15-30(10-3-11-31)22-8-9-23(32)29(2)24(21)22/h4-9,12-15,31H,3,10-11H2,1-2H3. The summed E-state index contributed by atoms with van der Waals surface area (Å²) in [5.74, 6) is 0.763. The molecule has 4 aromatic rings. The molecule has 0 atom stereocenters. The Kier molecular flexibility index (Phi) is 6.03. The second-order valence-corrected chi connectivity index (χ2v) is 7.94. The van der Waals surface area contributed by atoms with Crippen molar-refractivity contribution in [3.05, 3.63) is 82.3 Å². The van der Waals surface area contributed by atoms with E-state index in [0.717, 1.165) is 39.9 Å². The minimum absolute atomic E-state index is 0.0519. The quantitative estimate of drug-likeness (QED) is 0.416. The van der Waals surface area contributed by atoms with Gasteiger partial charge in [0.2, 0.25) is 0 Å². The van der Waals surface area contributed by atoms with Crippen LogP contribution in [-0.4, -0.2) is 20.8 Å². The molecule has 33 heavy (non-hydrogen) atoms. The summed E-state index contributed by atoms with van der Waals surface area (Å²) in [5.41, 5.74) is 3.27. The van der Waals surface area contributed by atoms with Gasteiger partial charge in [-0.2, -0.15) is 13.2 Å². The topological polar surface area (TPSA) is 56.4 Å². The van der Waals surface area contributed by atoms with Crippen LogP contribution in [0.25, 0.3) is 22.2 Å². The lowest BCUT2D eigenvalue weighted by atomic mass is 10.0. The van der Waals surface area contributed by atoms with Crippen molar-refractivity contribution < 1.29 is 23.0 Å². The Bertz CT molecular complexity index is 1350. The zero-order valence-corrected chi connectivity index (χ0v) is 18.2. The summed E-state index contributed by atoms with van der Waals surface area (Å²) in [6, 6.07) is 13.4. The maximum atomic E-state index is 12.8. The van der Waals surface area contributed by atoms with Crippen LogP contribution in [0.3, 0.4) is 0 Å². The number of nitrogens with zero attached hydrogens (tertiary/aromatic N) is 2. The lowest BCUT2D eigenvalue weighted by molar-refractivity contribution is -0.137. The molecule has 0 fully saturated rings. The van der Waals surface area contributed by atoms with E-state index in [1.165, 1.54) is 18.2 Å². The first-order valence-corrected chi connectivity index (χ1v) is 10.4. The smallest absolute Gasteiger partial charge is 0.416 e. The van der Waals surface area contributed by atoms with Crippen LogP contribution in [0.1, 0.15) is 17.5 Å². The fourth-order valence-corrected chi connectivity index (χ4v) is 3.91. The van der Waals surface area contributed by atoms with E-state index in [2.05, 4.69) is 0 Å². The molecule has 172 valence electrons. The molecule has 8 heteroatoms. The molecular formula is C25H23F3N2O3. The number of fused-ring (bicyclic) bond motifs is 1. The van der Waals surface area contributed by atoms with Crippen LogP contribution in [0.5, 0.6) is 11.5 Å². The summed E-state index contributed by atoms with van der Waals surface area (Å²) in [7, 11) is 1.71. The molecule has 0 aliphatic rings. The molecule has 0 saturated carbocycles. The van der Waals surface area contributed by atoms with E-state index in [0.29, 0.717) is 18.7 Å². The van der Waals surface area contributed by atoms with Gasteiger partial charge in [-0.1, -0.05) is 6.07 Å². The van der Waals surface area contributed by atoms with Crippen molar-refractivity contribution in [2.24, 2.45) is 7.05 Å². The van der Waals surface area contributed by atoms with Gasteiger partial charge in [0.25, 0.3) is 5.56 Å². The number of hydrogen-bond acceptors (Lipinski definition) is 3. The second kappa shape index (κ2) is 8.78. The lowest BCUT2D eigenvalue weighted by Gasteiger charge is -2.11. The lowest BCUT2D eigenvalue weighted by Crippen LogP contribution is -2.15. The molecule has 0 aliphatic heterocycles. The summed E-state index contributed by atoms with van der Waals surface area (Å²) in [6.45, 7) is 2.54. The molecule has 0 aliphatic carbocycles. The molecule has 4 rings (SSSR count). The first kappa shape index (κ1) is 22.7. The molecule has 2 aromatic carbocycles. The van der Waals surface area contributed by atoms with Crippen molar-refractivity contribution in [1.29, 1.82) is 0 Å². The van der Waals surface area contributed by atoms with Crippen molar-refractivity contribution in [1.82, 2.24) is 9.13 Å². The fraction of sp³-hybridized carbons (Fsp3) is 0.240. The first-order valence-electron chi connectivity index (χ1n) is 10.4. The molecule has 0 unspecified atom stereocenters. The SMILES string of the molecule is Cc1cc(Oc2ccc(C(F)(F)F)cc2)cc(-c2cn(CCCO)c3ccc(=O)n(C)c23)c1. The Labute approximate surface area is 188 Å². The highest BCUT2D eigenvalue weighted by atomic mass is 19.4. The second-order valence-electron chi connectivity index (χ2n) is 7.94. The van der Waals surface area contributed by atoms with Gasteiger partial charge in [0.1, 0.15) is 11.5 Å². The number of rotatable bonds is 6. The zero-order chi connectivity index (χ0) is 23.8. The maximum Gasteiger partial charge on any atom is 0.416 e. The van der Waals surface area contributed by atoms with E-state index < -0.39 is 11.7 Å². The highest BCUT2D eigenvalue weighted by molar-refractivity contribution is 5.93. The minimum Gasteiger partial charge on any atom is -0.457 e. The number of benzene rings is 2. The monoisotopic (exact) mass is 456 g/mol. The van der Waals surface area contributed by atoms with Gasteiger partial charge in [-0.05, 0) is 66.9 Å². The van der Waals surface area contributed by atoms with Gasteiger partial charge in [-0.3, -0.25) is 4.79 Å².